The summed E-state index contributed by atoms with van der Waals surface area (Å²) < 4.78 is 0. The fourth-order valence-corrected chi connectivity index (χ4v) is 1.71. The van der Waals surface area contributed by atoms with Crippen LogP contribution < -0.4 is 5.84 Å². The van der Waals surface area contributed by atoms with Crippen LogP contribution in [0.4, 0.5) is 0 Å². The number of halogens is 1. The van der Waals surface area contributed by atoms with E-state index in [1.165, 1.54) is 5.01 Å². The molecular weight excluding hydrogens is 228 g/mol. The Morgan fingerprint density at radius 3 is 2.50 bits per heavy atom. The van der Waals surface area contributed by atoms with Gasteiger partial charge in [-0.3, -0.25) is 10.6 Å². The van der Waals surface area contributed by atoms with Crippen molar-refractivity contribution in [2.24, 2.45) is 5.84 Å². The van der Waals surface area contributed by atoms with Gasteiger partial charge in [-0.2, -0.15) is 0 Å². The Morgan fingerprint density at radius 2 is 2.06 bits per heavy atom. The fourth-order valence-electron chi connectivity index (χ4n) is 1.58. The number of carbonyl (C=O) groups is 1. The first kappa shape index (κ1) is 13.0. The molecule has 0 aromatic heterocycles. The van der Waals surface area contributed by atoms with E-state index in [1.807, 2.05) is 12.1 Å². The molecule has 0 aliphatic rings. The van der Waals surface area contributed by atoms with Gasteiger partial charge in [-0.05, 0) is 17.7 Å². The van der Waals surface area contributed by atoms with E-state index in [4.69, 9.17) is 22.6 Å². The van der Waals surface area contributed by atoms with E-state index >= 15 is 0 Å². The van der Waals surface area contributed by atoms with Crippen LogP contribution in [0.25, 0.3) is 0 Å². The molecule has 0 aliphatic carbocycles. The summed E-state index contributed by atoms with van der Waals surface area (Å²) >= 11 is 5.78. The zero-order valence-corrected chi connectivity index (χ0v) is 9.81. The third-order valence-electron chi connectivity index (χ3n) is 2.27. The number of nitrogens with two attached hydrogens (primary N) is 1. The third-order valence-corrected chi connectivity index (χ3v) is 2.52. The Labute approximate surface area is 99.6 Å². The second-order valence-electron chi connectivity index (χ2n) is 3.79. The highest BCUT2D eigenvalue weighted by Gasteiger charge is 2.16. The van der Waals surface area contributed by atoms with Gasteiger partial charge in [-0.1, -0.05) is 23.7 Å². The SMILES string of the molecule is CN(N)CC(CC(=O)O)c1ccc(Cl)cc1. The standard InChI is InChI=1S/C11H15ClN2O2/c1-14(13)7-9(6-11(15)16)8-2-4-10(12)5-3-8/h2-5,9H,6-7,13H2,1H3,(H,15,16). The number of nitrogens with zero attached hydrogens (tertiary/aromatic N) is 1. The van der Waals surface area contributed by atoms with E-state index in [0.717, 1.165) is 5.56 Å². The first-order valence-electron chi connectivity index (χ1n) is 4.92. The van der Waals surface area contributed by atoms with Crippen molar-refractivity contribution in [2.45, 2.75) is 12.3 Å². The zero-order valence-electron chi connectivity index (χ0n) is 9.06. The van der Waals surface area contributed by atoms with Crippen LogP contribution in [0.3, 0.4) is 0 Å². The van der Waals surface area contributed by atoms with Gasteiger partial charge in [-0.15, -0.1) is 0 Å². The molecule has 1 rings (SSSR count). The summed E-state index contributed by atoms with van der Waals surface area (Å²) in [5, 5.41) is 11.0. The van der Waals surface area contributed by atoms with E-state index in [0.29, 0.717) is 11.6 Å². The molecule has 0 saturated carbocycles. The number of benzene rings is 1. The second-order valence-corrected chi connectivity index (χ2v) is 4.22. The van der Waals surface area contributed by atoms with Crippen molar-refractivity contribution >= 4 is 17.6 Å². The van der Waals surface area contributed by atoms with Crippen LogP contribution in [-0.4, -0.2) is 29.7 Å². The number of hydrogen-bond acceptors (Lipinski definition) is 3. The molecule has 0 amide bonds. The average Bonchev–Trinajstić information content (AvgIpc) is 2.16. The van der Waals surface area contributed by atoms with Crippen LogP contribution in [0.5, 0.6) is 0 Å². The monoisotopic (exact) mass is 242 g/mol. The normalized spacial score (nSPS) is 12.8. The Morgan fingerprint density at radius 1 is 1.50 bits per heavy atom. The van der Waals surface area contributed by atoms with Crippen LogP contribution in [0, 0.1) is 0 Å². The molecule has 0 fully saturated rings. The number of carboxylic acids is 1. The van der Waals surface area contributed by atoms with Crippen LogP contribution in [0.2, 0.25) is 5.02 Å². The molecule has 1 aromatic rings. The molecule has 5 heteroatoms. The molecule has 1 unspecified atom stereocenters. The molecule has 0 radical (unpaired) electrons. The summed E-state index contributed by atoms with van der Waals surface area (Å²) in [5.41, 5.74) is 0.934. The van der Waals surface area contributed by atoms with Gasteiger partial charge in [0, 0.05) is 24.5 Å². The Balaban J connectivity index is 2.82. The van der Waals surface area contributed by atoms with E-state index in [1.54, 1.807) is 19.2 Å². The highest BCUT2D eigenvalue weighted by Crippen LogP contribution is 2.22. The summed E-state index contributed by atoms with van der Waals surface area (Å²) in [6.45, 7) is 0.494. The molecule has 0 saturated heterocycles. The molecule has 0 aliphatic heterocycles. The number of aliphatic carboxylic acids is 1. The summed E-state index contributed by atoms with van der Waals surface area (Å²) in [7, 11) is 1.71. The van der Waals surface area contributed by atoms with Gasteiger partial charge >= 0.3 is 5.97 Å². The van der Waals surface area contributed by atoms with Gasteiger partial charge in [0.05, 0.1) is 6.42 Å². The van der Waals surface area contributed by atoms with Crippen LogP contribution in [0.1, 0.15) is 17.9 Å². The van der Waals surface area contributed by atoms with Crippen molar-refractivity contribution in [2.75, 3.05) is 13.6 Å². The Bertz CT molecular complexity index is 352. The van der Waals surface area contributed by atoms with Gasteiger partial charge in [-0.25, -0.2) is 5.01 Å². The third kappa shape index (κ3) is 4.18. The lowest BCUT2D eigenvalue weighted by Crippen LogP contribution is -2.31. The second kappa shape index (κ2) is 5.84. The summed E-state index contributed by atoms with van der Waals surface area (Å²) in [5.74, 6) is 4.60. The predicted molar refractivity (Wildman–Crippen MR) is 63.3 cm³/mol. The number of hydrogen-bond donors (Lipinski definition) is 2. The quantitative estimate of drug-likeness (QED) is 0.609. The lowest BCUT2D eigenvalue weighted by Gasteiger charge is -2.19. The number of likely N-dealkylation sites (N-methyl/N-ethyl adjacent to an activating group) is 1. The van der Waals surface area contributed by atoms with Crippen molar-refractivity contribution in [1.82, 2.24) is 5.01 Å². The average molecular weight is 243 g/mol. The highest BCUT2D eigenvalue weighted by atomic mass is 35.5. The van der Waals surface area contributed by atoms with Gasteiger partial charge < -0.3 is 5.11 Å². The number of hydrazine groups is 1. The van der Waals surface area contributed by atoms with Crippen LogP contribution in [0.15, 0.2) is 24.3 Å². The van der Waals surface area contributed by atoms with Gasteiger partial charge in [0.1, 0.15) is 0 Å². The molecule has 88 valence electrons. The van der Waals surface area contributed by atoms with Gasteiger partial charge in [0.2, 0.25) is 0 Å². The van der Waals surface area contributed by atoms with Crippen LogP contribution >= 0.6 is 11.6 Å². The minimum atomic E-state index is -0.832. The minimum Gasteiger partial charge on any atom is -0.481 e. The molecule has 4 nitrogen and oxygen atoms in total. The molecule has 0 heterocycles. The van der Waals surface area contributed by atoms with Crippen molar-refractivity contribution in [3.05, 3.63) is 34.9 Å². The smallest absolute Gasteiger partial charge is 0.304 e. The lowest BCUT2D eigenvalue weighted by atomic mass is 9.95. The maximum atomic E-state index is 10.7. The van der Waals surface area contributed by atoms with Crippen molar-refractivity contribution < 1.29 is 9.90 Å². The molecular formula is C11H15ClN2O2. The lowest BCUT2D eigenvalue weighted by molar-refractivity contribution is -0.137. The van der Waals surface area contributed by atoms with Gasteiger partial charge in [0.15, 0.2) is 0 Å². The zero-order chi connectivity index (χ0) is 12.1. The van der Waals surface area contributed by atoms with Crippen molar-refractivity contribution in [1.29, 1.82) is 0 Å². The summed E-state index contributed by atoms with van der Waals surface area (Å²) in [6.07, 6.45) is 0.0587. The summed E-state index contributed by atoms with van der Waals surface area (Å²) in [4.78, 5) is 10.7. The maximum absolute atomic E-state index is 10.7. The maximum Gasteiger partial charge on any atom is 0.304 e. The molecule has 3 N–H and O–H groups in total. The Kier molecular flexibility index (Phi) is 4.73. The van der Waals surface area contributed by atoms with Crippen LogP contribution in [-0.2, 0) is 4.79 Å². The van der Waals surface area contributed by atoms with Gasteiger partial charge in [0.25, 0.3) is 0 Å². The van der Waals surface area contributed by atoms with Crippen molar-refractivity contribution in [3.63, 3.8) is 0 Å². The minimum absolute atomic E-state index is 0.0587. The fraction of sp³-hybridized carbons (Fsp3) is 0.364. The molecule has 0 bridgehead atoms. The van der Waals surface area contributed by atoms with E-state index < -0.39 is 5.97 Å². The topological polar surface area (TPSA) is 66.6 Å². The Hall–Kier alpha value is -1.10. The molecule has 16 heavy (non-hydrogen) atoms. The largest absolute Gasteiger partial charge is 0.481 e. The predicted octanol–water partition coefficient (Wildman–Crippen LogP) is 1.70. The molecule has 0 spiro atoms. The highest BCUT2D eigenvalue weighted by molar-refractivity contribution is 6.30. The number of carboxylic acid groups (broad SMARTS) is 1. The first-order valence-corrected chi connectivity index (χ1v) is 5.30. The van der Waals surface area contributed by atoms with E-state index in [2.05, 4.69) is 0 Å². The number of rotatable bonds is 5. The van der Waals surface area contributed by atoms with Crippen molar-refractivity contribution in [3.8, 4) is 0 Å². The molecule has 1 atom stereocenters. The van der Waals surface area contributed by atoms with E-state index in [9.17, 15) is 4.79 Å². The summed E-state index contributed by atoms with van der Waals surface area (Å²) in [6, 6.07) is 7.17. The molecule has 1 aromatic carbocycles. The van der Waals surface area contributed by atoms with E-state index in [-0.39, 0.29) is 12.3 Å². The first-order chi connectivity index (χ1) is 7.49.